The minimum absolute atomic E-state index is 0.0118. The topological polar surface area (TPSA) is 9.23 Å². The summed E-state index contributed by atoms with van der Waals surface area (Å²) in [5, 5.41) is 0. The number of hydrogen-bond acceptors (Lipinski definition) is 1. The second kappa shape index (κ2) is 15.6. The van der Waals surface area contributed by atoms with Crippen molar-refractivity contribution in [3.8, 4) is 16.9 Å². The van der Waals surface area contributed by atoms with Gasteiger partial charge in [-0.2, -0.15) is 4.39 Å². The third kappa shape index (κ3) is 8.66. The van der Waals surface area contributed by atoms with Gasteiger partial charge in [-0.15, -0.1) is 0 Å². The molecule has 3 heteroatoms. The molecule has 0 spiro atoms. The molecule has 2 aliphatic carbocycles. The van der Waals surface area contributed by atoms with Crippen molar-refractivity contribution in [2.45, 2.75) is 116 Å². The minimum Gasteiger partial charge on any atom is -0.490 e. The zero-order valence-corrected chi connectivity index (χ0v) is 24.4. The lowest BCUT2D eigenvalue weighted by Gasteiger charge is -2.29. The monoisotopic (exact) mass is 536 g/mol. The molecule has 0 atom stereocenters. The van der Waals surface area contributed by atoms with Gasteiger partial charge in [0.1, 0.15) is 0 Å². The van der Waals surface area contributed by atoms with Gasteiger partial charge in [0.15, 0.2) is 11.6 Å². The first-order valence-electron chi connectivity index (χ1n) is 16.0. The van der Waals surface area contributed by atoms with Crippen LogP contribution in [-0.2, 0) is 0 Å². The molecule has 2 fully saturated rings. The van der Waals surface area contributed by atoms with Crippen molar-refractivity contribution in [1.29, 1.82) is 0 Å². The fourth-order valence-corrected chi connectivity index (χ4v) is 6.77. The van der Waals surface area contributed by atoms with Crippen LogP contribution in [-0.4, -0.2) is 6.61 Å². The van der Waals surface area contributed by atoms with E-state index in [-0.39, 0.29) is 5.75 Å². The molecule has 0 bridgehead atoms. The fraction of sp³-hybridized carbons (Fsp3) is 0.611. The van der Waals surface area contributed by atoms with E-state index in [1.165, 1.54) is 102 Å². The normalized spacial score (nSPS) is 23.8. The third-order valence-electron chi connectivity index (χ3n) is 9.31. The summed E-state index contributed by atoms with van der Waals surface area (Å²) in [6.07, 6.45) is 24.7. The third-order valence-corrected chi connectivity index (χ3v) is 9.31. The molecule has 0 heterocycles. The first kappa shape index (κ1) is 29.8. The Hall–Kier alpha value is -2.16. The average molecular weight is 537 g/mol. The Morgan fingerprint density at radius 3 is 2.13 bits per heavy atom. The van der Waals surface area contributed by atoms with Gasteiger partial charge in [-0.3, -0.25) is 0 Å². The highest BCUT2D eigenvalue weighted by molar-refractivity contribution is 5.65. The van der Waals surface area contributed by atoms with Crippen LogP contribution in [0.3, 0.4) is 0 Å². The number of benzene rings is 2. The van der Waals surface area contributed by atoms with Crippen molar-refractivity contribution in [1.82, 2.24) is 0 Å². The van der Waals surface area contributed by atoms with Crippen molar-refractivity contribution in [2.75, 3.05) is 6.61 Å². The molecule has 2 aromatic rings. The molecule has 0 amide bonds. The van der Waals surface area contributed by atoms with E-state index in [1.54, 1.807) is 6.07 Å². The van der Waals surface area contributed by atoms with Crippen LogP contribution < -0.4 is 4.74 Å². The zero-order chi connectivity index (χ0) is 27.5. The Balaban J connectivity index is 1.18. The number of allylic oxidation sites excluding steroid dienone is 2. The van der Waals surface area contributed by atoms with Crippen LogP contribution in [0.1, 0.15) is 122 Å². The highest BCUT2D eigenvalue weighted by Gasteiger charge is 2.23. The van der Waals surface area contributed by atoms with Crippen molar-refractivity contribution < 1.29 is 13.5 Å². The molecule has 4 rings (SSSR count). The van der Waals surface area contributed by atoms with Gasteiger partial charge in [0, 0.05) is 5.56 Å². The number of hydrogen-bond donors (Lipinski definition) is 0. The maximum absolute atomic E-state index is 14.7. The van der Waals surface area contributed by atoms with Gasteiger partial charge in [-0.25, -0.2) is 4.39 Å². The van der Waals surface area contributed by atoms with Crippen LogP contribution in [0.2, 0.25) is 0 Å². The zero-order valence-electron chi connectivity index (χ0n) is 24.4. The van der Waals surface area contributed by atoms with E-state index in [2.05, 4.69) is 31.2 Å². The van der Waals surface area contributed by atoms with Gasteiger partial charge in [0.05, 0.1) is 6.61 Å². The Morgan fingerprint density at radius 1 is 0.744 bits per heavy atom. The lowest BCUT2D eigenvalue weighted by Crippen LogP contribution is -2.13. The molecular formula is C36H50F2O. The van der Waals surface area contributed by atoms with Gasteiger partial charge in [0.25, 0.3) is 0 Å². The molecule has 2 aromatic carbocycles. The van der Waals surface area contributed by atoms with Gasteiger partial charge >= 0.3 is 0 Å². The van der Waals surface area contributed by atoms with E-state index in [0.717, 1.165) is 24.2 Å². The SMILES string of the molecule is CCCCCC1CCC(/C=C/CCC2CCC(c3ccc(-c4ccc(OCCC)c(F)c4F)cc3)CC2)CC1. The number of ether oxygens (including phenoxy) is 1. The van der Waals surface area contributed by atoms with E-state index in [9.17, 15) is 8.78 Å². The van der Waals surface area contributed by atoms with Gasteiger partial charge in [-0.1, -0.05) is 75.9 Å². The largest absolute Gasteiger partial charge is 0.490 e. The summed E-state index contributed by atoms with van der Waals surface area (Å²) in [4.78, 5) is 0. The van der Waals surface area contributed by atoms with Gasteiger partial charge in [-0.05, 0) is 118 Å². The molecule has 0 N–H and O–H groups in total. The summed E-state index contributed by atoms with van der Waals surface area (Å²) in [5.74, 6) is 1.48. The number of halogens is 2. The van der Waals surface area contributed by atoms with E-state index >= 15 is 0 Å². The molecule has 0 unspecified atom stereocenters. The quantitative estimate of drug-likeness (QED) is 0.183. The lowest BCUT2D eigenvalue weighted by atomic mass is 9.77. The van der Waals surface area contributed by atoms with E-state index in [0.29, 0.717) is 23.7 Å². The van der Waals surface area contributed by atoms with Crippen molar-refractivity contribution in [3.05, 3.63) is 65.7 Å². The predicted octanol–water partition coefficient (Wildman–Crippen LogP) is 11.4. The molecule has 39 heavy (non-hydrogen) atoms. The summed E-state index contributed by atoms with van der Waals surface area (Å²) >= 11 is 0. The van der Waals surface area contributed by atoms with E-state index in [4.69, 9.17) is 4.74 Å². The summed E-state index contributed by atoms with van der Waals surface area (Å²) in [6, 6.07) is 11.3. The lowest BCUT2D eigenvalue weighted by molar-refractivity contribution is 0.288. The van der Waals surface area contributed by atoms with Crippen LogP contribution in [0.5, 0.6) is 5.75 Å². The van der Waals surface area contributed by atoms with Crippen molar-refractivity contribution in [2.24, 2.45) is 17.8 Å². The summed E-state index contributed by atoms with van der Waals surface area (Å²) in [6.45, 7) is 4.62. The second-order valence-electron chi connectivity index (χ2n) is 12.2. The maximum Gasteiger partial charge on any atom is 0.201 e. The van der Waals surface area contributed by atoms with Gasteiger partial charge in [0.2, 0.25) is 5.82 Å². The fourth-order valence-electron chi connectivity index (χ4n) is 6.77. The number of rotatable bonds is 13. The minimum atomic E-state index is -0.900. The molecule has 2 aliphatic rings. The highest BCUT2D eigenvalue weighted by atomic mass is 19.2. The molecule has 0 aliphatic heterocycles. The summed E-state index contributed by atoms with van der Waals surface area (Å²) < 4.78 is 34.5. The van der Waals surface area contributed by atoms with Crippen molar-refractivity contribution in [3.63, 3.8) is 0 Å². The van der Waals surface area contributed by atoms with Crippen molar-refractivity contribution >= 4 is 0 Å². The molecule has 214 valence electrons. The Morgan fingerprint density at radius 2 is 1.44 bits per heavy atom. The smallest absolute Gasteiger partial charge is 0.201 e. The number of unbranched alkanes of at least 4 members (excludes halogenated alkanes) is 2. The maximum atomic E-state index is 14.7. The first-order chi connectivity index (χ1) is 19.1. The van der Waals surface area contributed by atoms with Crippen LogP contribution >= 0.6 is 0 Å². The predicted molar refractivity (Wildman–Crippen MR) is 160 cm³/mol. The molecular weight excluding hydrogens is 486 g/mol. The van der Waals surface area contributed by atoms with Crippen LogP contribution in [0.25, 0.3) is 11.1 Å². The van der Waals surface area contributed by atoms with Gasteiger partial charge < -0.3 is 4.74 Å². The molecule has 1 nitrogen and oxygen atoms in total. The Labute approximate surface area is 236 Å². The highest BCUT2D eigenvalue weighted by Crippen LogP contribution is 2.39. The van der Waals surface area contributed by atoms with Crippen LogP contribution in [0, 0.1) is 29.4 Å². The van der Waals surface area contributed by atoms with E-state index < -0.39 is 11.6 Å². The standard InChI is InChI=1S/C36H50F2O/c1-3-5-6-9-27-12-14-28(15-13-27)10-7-8-11-29-16-18-30(19-17-29)31-20-22-32(23-21-31)33-24-25-34(39-26-4-2)36(38)35(33)37/h7,10,20-25,27-30H,3-6,8-9,11-19,26H2,1-2H3/b10-7+. The van der Waals surface area contributed by atoms with Crippen LogP contribution in [0.4, 0.5) is 8.78 Å². The average Bonchev–Trinajstić information content (AvgIpc) is 2.97. The molecule has 0 radical (unpaired) electrons. The Bertz CT molecular complexity index is 1010. The summed E-state index contributed by atoms with van der Waals surface area (Å²) in [5.41, 5.74) is 2.33. The summed E-state index contributed by atoms with van der Waals surface area (Å²) in [7, 11) is 0. The molecule has 0 saturated heterocycles. The first-order valence-corrected chi connectivity index (χ1v) is 16.0. The van der Waals surface area contributed by atoms with E-state index in [1.807, 2.05) is 19.1 Å². The second-order valence-corrected chi connectivity index (χ2v) is 12.2. The molecule has 0 aromatic heterocycles. The Kier molecular flexibility index (Phi) is 11.9. The molecule has 2 saturated carbocycles. The van der Waals surface area contributed by atoms with Crippen LogP contribution in [0.15, 0.2) is 48.6 Å².